The van der Waals surface area contributed by atoms with Crippen molar-refractivity contribution in [3.8, 4) is 22.5 Å². The largest absolute Gasteiger partial charge is 0.339 e. The highest BCUT2D eigenvalue weighted by molar-refractivity contribution is 5.98. The van der Waals surface area contributed by atoms with E-state index in [2.05, 4.69) is 73.9 Å². The average Bonchev–Trinajstić information content (AvgIpc) is 3.46. The van der Waals surface area contributed by atoms with Crippen LogP contribution >= 0.6 is 0 Å². The van der Waals surface area contributed by atoms with Crippen molar-refractivity contribution >= 4 is 16.9 Å². The summed E-state index contributed by atoms with van der Waals surface area (Å²) in [6, 6.07) is 21.1. The maximum Gasteiger partial charge on any atom is 0.253 e. The van der Waals surface area contributed by atoms with Crippen molar-refractivity contribution in [2.24, 2.45) is 0 Å². The van der Waals surface area contributed by atoms with Gasteiger partial charge in [-0.25, -0.2) is 4.98 Å². The highest BCUT2D eigenvalue weighted by atomic mass is 16.2. The minimum atomic E-state index is 0.118. The van der Waals surface area contributed by atoms with E-state index in [0.717, 1.165) is 60.5 Å². The predicted molar refractivity (Wildman–Crippen MR) is 131 cm³/mol. The van der Waals surface area contributed by atoms with E-state index < -0.39 is 0 Å². The topological polar surface area (TPSA) is 38.1 Å². The molecule has 4 nitrogen and oxygen atoms in total. The summed E-state index contributed by atoms with van der Waals surface area (Å²) in [4.78, 5) is 19.9. The number of fused-ring (bicyclic) bond motifs is 1. The number of likely N-dealkylation sites (tertiary alicyclic amines) is 1. The van der Waals surface area contributed by atoms with E-state index in [1.54, 1.807) is 0 Å². The van der Waals surface area contributed by atoms with Gasteiger partial charge >= 0.3 is 0 Å². The Bertz CT molecular complexity index is 1310. The molecule has 1 aromatic heterocycles. The Balaban J connectivity index is 1.64. The van der Waals surface area contributed by atoms with Gasteiger partial charge in [0, 0.05) is 30.8 Å². The first-order valence-electron chi connectivity index (χ1n) is 11.5. The summed E-state index contributed by atoms with van der Waals surface area (Å²) in [6.07, 6.45) is 2.19. The Morgan fingerprint density at radius 2 is 1.66 bits per heavy atom. The Labute approximate surface area is 189 Å². The van der Waals surface area contributed by atoms with Gasteiger partial charge in [0.05, 0.1) is 11.0 Å². The second-order valence-electron chi connectivity index (χ2n) is 8.75. The molecule has 3 aromatic carbocycles. The van der Waals surface area contributed by atoms with Crippen LogP contribution in [0.5, 0.6) is 0 Å². The summed E-state index contributed by atoms with van der Waals surface area (Å²) >= 11 is 0. The minimum Gasteiger partial charge on any atom is -0.339 e. The van der Waals surface area contributed by atoms with Gasteiger partial charge in [-0.1, -0.05) is 48.0 Å². The van der Waals surface area contributed by atoms with Crippen LogP contribution in [-0.2, 0) is 6.54 Å². The monoisotopic (exact) mass is 423 g/mol. The van der Waals surface area contributed by atoms with E-state index >= 15 is 0 Å². The van der Waals surface area contributed by atoms with Crippen molar-refractivity contribution in [1.82, 2.24) is 14.5 Å². The lowest BCUT2D eigenvalue weighted by atomic mass is 9.94. The molecule has 0 N–H and O–H groups in total. The van der Waals surface area contributed by atoms with Crippen molar-refractivity contribution < 1.29 is 4.79 Å². The van der Waals surface area contributed by atoms with Crippen molar-refractivity contribution in [2.75, 3.05) is 13.1 Å². The van der Waals surface area contributed by atoms with Crippen molar-refractivity contribution in [2.45, 2.75) is 40.2 Å². The summed E-state index contributed by atoms with van der Waals surface area (Å²) in [5, 5.41) is 0. The number of hydrogen-bond donors (Lipinski definition) is 0. The number of aryl methyl sites for hydroxylation is 3. The fourth-order valence-electron chi connectivity index (χ4n) is 4.92. The van der Waals surface area contributed by atoms with Gasteiger partial charge in [-0.05, 0) is 68.5 Å². The Kier molecular flexibility index (Phi) is 5.30. The molecule has 162 valence electrons. The third-order valence-corrected chi connectivity index (χ3v) is 6.54. The first-order valence-corrected chi connectivity index (χ1v) is 11.5. The normalized spacial score (nSPS) is 13.8. The molecule has 2 heterocycles. The second kappa shape index (κ2) is 8.27. The van der Waals surface area contributed by atoms with Crippen molar-refractivity contribution in [1.29, 1.82) is 0 Å². The lowest BCUT2D eigenvalue weighted by molar-refractivity contribution is 0.0793. The van der Waals surface area contributed by atoms with Gasteiger partial charge in [-0.3, -0.25) is 4.79 Å². The maximum absolute atomic E-state index is 12.9. The summed E-state index contributed by atoms with van der Waals surface area (Å²) < 4.78 is 2.25. The van der Waals surface area contributed by atoms with E-state index in [0.29, 0.717) is 0 Å². The number of aromatic nitrogens is 2. The van der Waals surface area contributed by atoms with Crippen LogP contribution in [0.25, 0.3) is 33.5 Å². The highest BCUT2D eigenvalue weighted by Gasteiger charge is 2.21. The number of nitrogens with zero attached hydrogens (tertiary/aromatic N) is 3. The molecule has 0 saturated carbocycles. The molecule has 0 unspecified atom stereocenters. The Morgan fingerprint density at radius 1 is 0.906 bits per heavy atom. The van der Waals surface area contributed by atoms with Crippen molar-refractivity contribution in [3.63, 3.8) is 0 Å². The molecule has 0 spiro atoms. The van der Waals surface area contributed by atoms with E-state index in [1.165, 1.54) is 22.3 Å². The van der Waals surface area contributed by atoms with Gasteiger partial charge < -0.3 is 9.47 Å². The van der Waals surface area contributed by atoms with E-state index in [4.69, 9.17) is 4.98 Å². The van der Waals surface area contributed by atoms with Gasteiger partial charge in [-0.2, -0.15) is 0 Å². The van der Waals surface area contributed by atoms with E-state index in [-0.39, 0.29) is 5.91 Å². The fraction of sp³-hybridized carbons (Fsp3) is 0.286. The molecule has 0 aliphatic carbocycles. The molecule has 1 aliphatic heterocycles. The molecule has 1 aliphatic rings. The molecule has 0 bridgehead atoms. The molecule has 4 heteroatoms. The van der Waals surface area contributed by atoms with Gasteiger partial charge in [-0.15, -0.1) is 0 Å². The van der Waals surface area contributed by atoms with Crippen LogP contribution in [-0.4, -0.2) is 33.4 Å². The lowest BCUT2D eigenvalue weighted by Gasteiger charge is -2.15. The number of rotatable bonds is 4. The van der Waals surface area contributed by atoms with Crippen LogP contribution < -0.4 is 0 Å². The minimum absolute atomic E-state index is 0.118. The van der Waals surface area contributed by atoms with E-state index in [9.17, 15) is 4.79 Å². The number of benzene rings is 3. The lowest BCUT2D eigenvalue weighted by Crippen LogP contribution is -2.27. The molecule has 0 atom stereocenters. The number of hydrogen-bond acceptors (Lipinski definition) is 2. The number of carbonyl (C=O) groups excluding carboxylic acids is 1. The Hall–Kier alpha value is -3.40. The summed E-state index contributed by atoms with van der Waals surface area (Å²) in [6.45, 7) is 8.96. The first kappa shape index (κ1) is 20.5. The molecule has 1 saturated heterocycles. The van der Waals surface area contributed by atoms with Gasteiger partial charge in [0.15, 0.2) is 0 Å². The smallest absolute Gasteiger partial charge is 0.253 e. The second-order valence-corrected chi connectivity index (χ2v) is 8.75. The van der Waals surface area contributed by atoms with Gasteiger partial charge in [0.25, 0.3) is 5.91 Å². The molecule has 1 amide bonds. The molecular weight excluding hydrogens is 394 g/mol. The Morgan fingerprint density at radius 3 is 2.38 bits per heavy atom. The van der Waals surface area contributed by atoms with Gasteiger partial charge in [0.1, 0.15) is 5.82 Å². The summed E-state index contributed by atoms with van der Waals surface area (Å²) in [7, 11) is 0. The zero-order chi connectivity index (χ0) is 22.2. The van der Waals surface area contributed by atoms with Crippen molar-refractivity contribution in [3.05, 3.63) is 77.4 Å². The maximum atomic E-state index is 12.9. The standard InChI is InChI=1S/C28H29N3O/c1-4-31-26-14-12-21(28(32)30-15-7-8-16-30)18-25(26)29-27(31)24-10-6-5-9-23(24)22-13-11-19(2)17-20(22)3/h5-6,9-14,17-18H,4,7-8,15-16H2,1-3H3. The number of amides is 1. The molecule has 4 aromatic rings. The van der Waals surface area contributed by atoms with Crippen LogP contribution in [0.1, 0.15) is 41.3 Å². The average molecular weight is 424 g/mol. The molecule has 32 heavy (non-hydrogen) atoms. The van der Waals surface area contributed by atoms with Crippen LogP contribution in [0.4, 0.5) is 0 Å². The number of imidazole rings is 1. The quantitative estimate of drug-likeness (QED) is 0.389. The third-order valence-electron chi connectivity index (χ3n) is 6.54. The SMILES string of the molecule is CCn1c(-c2ccccc2-c2ccc(C)cc2C)nc2cc(C(=O)N3CCCC3)ccc21. The summed E-state index contributed by atoms with van der Waals surface area (Å²) in [5.74, 6) is 1.07. The zero-order valence-electron chi connectivity index (χ0n) is 19.1. The first-order chi connectivity index (χ1) is 15.6. The fourth-order valence-corrected chi connectivity index (χ4v) is 4.92. The highest BCUT2D eigenvalue weighted by Crippen LogP contribution is 2.35. The van der Waals surface area contributed by atoms with E-state index in [1.807, 2.05) is 17.0 Å². The molecular formula is C28H29N3O. The molecule has 5 rings (SSSR count). The predicted octanol–water partition coefficient (Wildman–Crippen LogP) is 6.24. The zero-order valence-corrected chi connectivity index (χ0v) is 19.1. The molecule has 1 fully saturated rings. The van der Waals surface area contributed by atoms with Crippen LogP contribution in [0.15, 0.2) is 60.7 Å². The third kappa shape index (κ3) is 3.50. The summed E-state index contributed by atoms with van der Waals surface area (Å²) in [5.41, 5.74) is 8.72. The molecule has 0 radical (unpaired) electrons. The number of carbonyl (C=O) groups is 1. The van der Waals surface area contributed by atoms with Crippen LogP contribution in [0.2, 0.25) is 0 Å². The van der Waals surface area contributed by atoms with Crippen LogP contribution in [0, 0.1) is 13.8 Å². The van der Waals surface area contributed by atoms with Crippen LogP contribution in [0.3, 0.4) is 0 Å². The van der Waals surface area contributed by atoms with Gasteiger partial charge in [0.2, 0.25) is 0 Å².